The van der Waals surface area contributed by atoms with Crippen molar-refractivity contribution in [2.24, 2.45) is 7.05 Å². The summed E-state index contributed by atoms with van der Waals surface area (Å²) in [5.74, 6) is 0. The van der Waals surface area contributed by atoms with Gasteiger partial charge in [0.05, 0.1) is 6.61 Å². The van der Waals surface area contributed by atoms with Crippen molar-refractivity contribution in [1.29, 1.82) is 0 Å². The van der Waals surface area contributed by atoms with Crippen molar-refractivity contribution >= 4 is 11.0 Å². The number of fused-ring (bicyclic) bond motifs is 1. The molecule has 0 saturated heterocycles. The lowest BCUT2D eigenvalue weighted by Gasteiger charge is -2.02. The topological polar surface area (TPSA) is 39.1 Å². The molecule has 0 amide bonds. The fraction of sp³-hybridized carbons (Fsp3) is 0.417. The summed E-state index contributed by atoms with van der Waals surface area (Å²) in [7, 11) is 3.73. The van der Waals surface area contributed by atoms with Crippen LogP contribution in [0.5, 0.6) is 0 Å². The van der Waals surface area contributed by atoms with Gasteiger partial charge in [0, 0.05) is 45.0 Å². The maximum Gasteiger partial charge on any atom is 0.139 e. The molecule has 0 aliphatic carbocycles. The Morgan fingerprint density at radius 3 is 3.19 bits per heavy atom. The molecule has 0 atom stereocenters. The van der Waals surface area contributed by atoms with Gasteiger partial charge in [0.25, 0.3) is 0 Å². The van der Waals surface area contributed by atoms with E-state index < -0.39 is 0 Å². The largest absolute Gasteiger partial charge is 0.383 e. The summed E-state index contributed by atoms with van der Waals surface area (Å²) < 4.78 is 7.05. The summed E-state index contributed by atoms with van der Waals surface area (Å²) in [6, 6.07) is 4.08. The number of hydrogen-bond donors (Lipinski definition) is 1. The molecular weight excluding hydrogens is 202 g/mol. The summed E-state index contributed by atoms with van der Waals surface area (Å²) in [6.45, 7) is 2.46. The number of aromatic nitrogens is 2. The predicted octanol–water partition coefficient (Wildman–Crippen LogP) is 1.31. The van der Waals surface area contributed by atoms with E-state index in [1.165, 1.54) is 10.9 Å². The fourth-order valence-corrected chi connectivity index (χ4v) is 1.83. The van der Waals surface area contributed by atoms with Crippen LogP contribution in [0.25, 0.3) is 11.0 Å². The van der Waals surface area contributed by atoms with Crippen LogP contribution in [0.2, 0.25) is 0 Å². The van der Waals surface area contributed by atoms with Crippen LogP contribution in [0.3, 0.4) is 0 Å². The molecule has 2 rings (SSSR count). The van der Waals surface area contributed by atoms with E-state index in [0.29, 0.717) is 0 Å². The highest BCUT2D eigenvalue weighted by Gasteiger charge is 2.05. The first-order valence-electron chi connectivity index (χ1n) is 5.41. The van der Waals surface area contributed by atoms with Gasteiger partial charge in [-0.2, -0.15) is 0 Å². The SMILES string of the molecule is COCCNCc1cn(C)c2ncccc12. The smallest absolute Gasteiger partial charge is 0.139 e. The molecule has 16 heavy (non-hydrogen) atoms. The van der Waals surface area contributed by atoms with E-state index >= 15 is 0 Å². The Morgan fingerprint density at radius 2 is 2.38 bits per heavy atom. The van der Waals surface area contributed by atoms with Crippen LogP contribution in [0, 0.1) is 0 Å². The molecule has 4 nitrogen and oxygen atoms in total. The van der Waals surface area contributed by atoms with E-state index in [4.69, 9.17) is 4.74 Å². The Kier molecular flexibility index (Phi) is 3.54. The zero-order valence-corrected chi connectivity index (χ0v) is 9.73. The van der Waals surface area contributed by atoms with Gasteiger partial charge < -0.3 is 14.6 Å². The highest BCUT2D eigenvalue weighted by Crippen LogP contribution is 2.17. The van der Waals surface area contributed by atoms with Crippen molar-refractivity contribution in [3.63, 3.8) is 0 Å². The van der Waals surface area contributed by atoms with Crippen LogP contribution in [-0.2, 0) is 18.3 Å². The van der Waals surface area contributed by atoms with Crippen LogP contribution in [0.4, 0.5) is 0 Å². The second-order valence-corrected chi connectivity index (χ2v) is 3.81. The third-order valence-electron chi connectivity index (χ3n) is 2.61. The Labute approximate surface area is 95.2 Å². The standard InChI is InChI=1S/C12H17N3O/c1-15-9-10(8-13-6-7-16-2)11-4-3-5-14-12(11)15/h3-5,9,13H,6-8H2,1-2H3. The molecule has 0 unspecified atom stereocenters. The van der Waals surface area contributed by atoms with E-state index in [2.05, 4.69) is 27.1 Å². The number of pyridine rings is 1. The number of aryl methyl sites for hydroxylation is 1. The molecule has 2 aromatic rings. The quantitative estimate of drug-likeness (QED) is 0.771. The Morgan fingerprint density at radius 1 is 1.50 bits per heavy atom. The Bertz CT molecular complexity index is 464. The molecule has 0 bridgehead atoms. The van der Waals surface area contributed by atoms with E-state index in [1.54, 1.807) is 7.11 Å². The second-order valence-electron chi connectivity index (χ2n) is 3.81. The monoisotopic (exact) mass is 219 g/mol. The van der Waals surface area contributed by atoms with Gasteiger partial charge in [-0.3, -0.25) is 0 Å². The van der Waals surface area contributed by atoms with Crippen molar-refractivity contribution in [3.8, 4) is 0 Å². The first kappa shape index (κ1) is 11.1. The lowest BCUT2D eigenvalue weighted by Crippen LogP contribution is -2.18. The molecule has 0 saturated carbocycles. The number of methoxy groups -OCH3 is 1. The average Bonchev–Trinajstić information content (AvgIpc) is 2.63. The predicted molar refractivity (Wildman–Crippen MR) is 64.3 cm³/mol. The number of nitrogens with one attached hydrogen (secondary N) is 1. The van der Waals surface area contributed by atoms with Crippen LogP contribution in [-0.4, -0.2) is 29.8 Å². The van der Waals surface area contributed by atoms with Crippen LogP contribution < -0.4 is 5.32 Å². The molecule has 2 heterocycles. The van der Waals surface area contributed by atoms with Gasteiger partial charge >= 0.3 is 0 Å². The maximum atomic E-state index is 4.99. The minimum Gasteiger partial charge on any atom is -0.383 e. The van der Waals surface area contributed by atoms with Gasteiger partial charge in [-0.15, -0.1) is 0 Å². The lowest BCUT2D eigenvalue weighted by atomic mass is 10.2. The molecule has 0 aliphatic heterocycles. The number of nitrogens with zero attached hydrogens (tertiary/aromatic N) is 2. The van der Waals surface area contributed by atoms with Gasteiger partial charge in [-0.25, -0.2) is 4.98 Å². The van der Waals surface area contributed by atoms with E-state index in [-0.39, 0.29) is 0 Å². The summed E-state index contributed by atoms with van der Waals surface area (Å²) in [5, 5.41) is 4.56. The van der Waals surface area contributed by atoms with Crippen molar-refractivity contribution < 1.29 is 4.74 Å². The molecule has 86 valence electrons. The lowest BCUT2D eigenvalue weighted by molar-refractivity contribution is 0.199. The summed E-state index contributed by atoms with van der Waals surface area (Å²) in [5.41, 5.74) is 2.31. The zero-order valence-electron chi connectivity index (χ0n) is 9.73. The van der Waals surface area contributed by atoms with Gasteiger partial charge in [-0.05, 0) is 17.7 Å². The molecule has 4 heteroatoms. The molecule has 2 aromatic heterocycles. The normalized spacial score (nSPS) is 11.1. The van der Waals surface area contributed by atoms with Crippen LogP contribution >= 0.6 is 0 Å². The molecule has 0 fully saturated rings. The number of rotatable bonds is 5. The fourth-order valence-electron chi connectivity index (χ4n) is 1.83. The van der Waals surface area contributed by atoms with Crippen molar-refractivity contribution in [2.75, 3.05) is 20.3 Å². The maximum absolute atomic E-state index is 4.99. The number of ether oxygens (including phenoxy) is 1. The third kappa shape index (κ3) is 2.23. The molecule has 0 aliphatic rings. The second kappa shape index (κ2) is 5.09. The van der Waals surface area contributed by atoms with E-state index in [1.807, 2.05) is 19.3 Å². The Hall–Kier alpha value is -1.39. The van der Waals surface area contributed by atoms with Crippen molar-refractivity contribution in [3.05, 3.63) is 30.1 Å². The third-order valence-corrected chi connectivity index (χ3v) is 2.61. The van der Waals surface area contributed by atoms with Crippen molar-refractivity contribution in [1.82, 2.24) is 14.9 Å². The van der Waals surface area contributed by atoms with Crippen LogP contribution in [0.15, 0.2) is 24.5 Å². The Balaban J connectivity index is 2.12. The van der Waals surface area contributed by atoms with Crippen molar-refractivity contribution in [2.45, 2.75) is 6.54 Å². The highest BCUT2D eigenvalue weighted by molar-refractivity contribution is 5.80. The molecule has 0 aromatic carbocycles. The highest BCUT2D eigenvalue weighted by atomic mass is 16.5. The molecule has 0 spiro atoms. The van der Waals surface area contributed by atoms with Gasteiger partial charge in [0.2, 0.25) is 0 Å². The zero-order chi connectivity index (χ0) is 11.4. The first-order valence-corrected chi connectivity index (χ1v) is 5.41. The van der Waals surface area contributed by atoms with Gasteiger partial charge in [-0.1, -0.05) is 0 Å². The first-order chi connectivity index (χ1) is 7.83. The summed E-state index contributed by atoms with van der Waals surface area (Å²) in [6.07, 6.45) is 3.95. The average molecular weight is 219 g/mol. The molecule has 1 N–H and O–H groups in total. The van der Waals surface area contributed by atoms with E-state index in [9.17, 15) is 0 Å². The van der Waals surface area contributed by atoms with Gasteiger partial charge in [0.1, 0.15) is 5.65 Å². The van der Waals surface area contributed by atoms with E-state index in [0.717, 1.165) is 25.3 Å². The van der Waals surface area contributed by atoms with Crippen LogP contribution in [0.1, 0.15) is 5.56 Å². The summed E-state index contributed by atoms with van der Waals surface area (Å²) >= 11 is 0. The molecular formula is C12H17N3O. The van der Waals surface area contributed by atoms with Gasteiger partial charge in [0.15, 0.2) is 0 Å². The number of hydrogen-bond acceptors (Lipinski definition) is 3. The molecule has 0 radical (unpaired) electrons. The minimum absolute atomic E-state index is 0.739. The summed E-state index contributed by atoms with van der Waals surface area (Å²) in [4.78, 5) is 4.36. The minimum atomic E-state index is 0.739.